The Bertz CT molecular complexity index is 2160. The van der Waals surface area contributed by atoms with Crippen LogP contribution in [0.4, 0.5) is 5.69 Å². The van der Waals surface area contributed by atoms with Gasteiger partial charge < -0.3 is 34.6 Å². The number of hydrogen-bond acceptors (Lipinski definition) is 6. The topological polar surface area (TPSA) is 117 Å². The molecule has 0 radical (unpaired) electrons. The number of carbonyl (C=O) groups is 2. The highest BCUT2D eigenvalue weighted by Crippen LogP contribution is 2.44. The molecule has 1 saturated heterocycles. The minimum atomic E-state index is -0.00361. The number of nitrogens with two attached hydrogens (primary N) is 1. The highest BCUT2D eigenvalue weighted by molar-refractivity contribution is 6.03. The zero-order valence-corrected chi connectivity index (χ0v) is 27.6. The third kappa shape index (κ3) is 4.45. The lowest BCUT2D eigenvalue weighted by atomic mass is 9.95. The second kappa shape index (κ2) is 10.8. The van der Waals surface area contributed by atoms with E-state index in [-0.39, 0.29) is 23.9 Å². The maximum Gasteiger partial charge on any atom is 0.254 e. The van der Waals surface area contributed by atoms with Crippen molar-refractivity contribution in [3.8, 4) is 34.1 Å². The summed E-state index contributed by atoms with van der Waals surface area (Å²) in [7, 11) is 5.35. The van der Waals surface area contributed by atoms with Gasteiger partial charge in [0.05, 0.1) is 30.9 Å². The molecule has 1 unspecified atom stereocenters. The molecule has 2 aliphatic heterocycles. The molecule has 2 bridgehead atoms. The number of nitrogens with zero attached hydrogens (tertiary/aromatic N) is 4. The van der Waals surface area contributed by atoms with Crippen LogP contribution in [-0.2, 0) is 24.8 Å². The lowest BCUT2D eigenvalue weighted by Gasteiger charge is -2.27. The molecular weight excluding hydrogens is 604 g/mol. The second-order valence-corrected chi connectivity index (χ2v) is 14.1. The van der Waals surface area contributed by atoms with Gasteiger partial charge in [0.25, 0.3) is 5.91 Å². The Hall–Kier alpha value is -4.83. The predicted octanol–water partition coefficient (Wildman–Crippen LogP) is 5.74. The van der Waals surface area contributed by atoms with E-state index < -0.39 is 0 Å². The molecule has 4 heterocycles. The largest absolute Gasteiger partial charge is 0.496 e. The van der Waals surface area contributed by atoms with Gasteiger partial charge in [0.15, 0.2) is 5.82 Å². The summed E-state index contributed by atoms with van der Waals surface area (Å²) in [5, 5.41) is 4.13. The second-order valence-electron chi connectivity index (χ2n) is 14.1. The van der Waals surface area contributed by atoms with Gasteiger partial charge in [-0.15, -0.1) is 0 Å². The van der Waals surface area contributed by atoms with Crippen molar-refractivity contribution in [1.29, 1.82) is 0 Å². The fraction of sp³-hybridized carbons (Fsp3) is 0.395. The Kier molecular flexibility index (Phi) is 6.63. The zero-order valence-electron chi connectivity index (χ0n) is 27.6. The molecule has 3 N–H and O–H groups in total. The van der Waals surface area contributed by atoms with Crippen LogP contribution in [0.1, 0.15) is 48.0 Å². The summed E-state index contributed by atoms with van der Waals surface area (Å²) < 4.78 is 16.3. The van der Waals surface area contributed by atoms with Crippen molar-refractivity contribution in [2.45, 2.75) is 57.2 Å². The van der Waals surface area contributed by atoms with Crippen molar-refractivity contribution < 1.29 is 19.1 Å². The third-order valence-electron chi connectivity index (χ3n) is 11.2. The van der Waals surface area contributed by atoms with Crippen molar-refractivity contribution >= 4 is 39.4 Å². The zero-order chi connectivity index (χ0) is 32.8. The van der Waals surface area contributed by atoms with Gasteiger partial charge in [-0.25, -0.2) is 4.98 Å². The summed E-state index contributed by atoms with van der Waals surface area (Å²) >= 11 is 0. The number of likely N-dealkylation sites (tertiary alicyclic amines) is 1. The number of aryl methyl sites for hydroxylation is 2. The highest BCUT2D eigenvalue weighted by Gasteiger charge is 2.47. The average Bonchev–Trinajstić information content (AvgIpc) is 3.48. The number of hydrogen-bond donors (Lipinski definition) is 2. The van der Waals surface area contributed by atoms with Gasteiger partial charge in [0, 0.05) is 72.5 Å². The van der Waals surface area contributed by atoms with E-state index in [1.165, 1.54) is 12.8 Å². The normalized spacial score (nSPS) is 21.6. The maximum atomic E-state index is 13.8. The Morgan fingerprint density at radius 1 is 0.979 bits per heavy atom. The summed E-state index contributed by atoms with van der Waals surface area (Å²) in [6, 6.07) is 16.7. The van der Waals surface area contributed by atoms with E-state index in [4.69, 9.17) is 20.2 Å². The summed E-state index contributed by atoms with van der Waals surface area (Å²) in [5.74, 6) is 3.18. The Balaban J connectivity index is 1.19. The van der Waals surface area contributed by atoms with E-state index in [2.05, 4.69) is 44.8 Å². The molecule has 3 aromatic carbocycles. The minimum absolute atomic E-state index is 0.00361. The summed E-state index contributed by atoms with van der Waals surface area (Å²) in [6.07, 6.45) is 5.63. The van der Waals surface area contributed by atoms with Crippen molar-refractivity contribution in [2.24, 2.45) is 24.6 Å². The molecule has 3 fully saturated rings. The number of ether oxygens (including phenoxy) is 2. The first kappa shape index (κ1) is 29.3. The number of aromatic nitrogens is 3. The molecule has 3 atom stereocenters. The molecule has 10 nitrogen and oxygen atoms in total. The summed E-state index contributed by atoms with van der Waals surface area (Å²) in [5.41, 5.74) is 14.8. The van der Waals surface area contributed by atoms with Crippen molar-refractivity contribution in [3.63, 3.8) is 0 Å². The quantitative estimate of drug-likeness (QED) is 0.234. The summed E-state index contributed by atoms with van der Waals surface area (Å²) in [6.45, 7) is 1.59. The molecule has 48 heavy (non-hydrogen) atoms. The number of methoxy groups -OCH3 is 2. The Morgan fingerprint density at radius 3 is 2.54 bits per heavy atom. The van der Waals surface area contributed by atoms with Crippen LogP contribution in [0, 0.1) is 11.8 Å². The minimum Gasteiger partial charge on any atom is -0.496 e. The van der Waals surface area contributed by atoms with Crippen LogP contribution in [0.25, 0.3) is 44.6 Å². The third-order valence-corrected chi connectivity index (χ3v) is 11.2. The number of fused-ring (bicyclic) bond motifs is 5. The van der Waals surface area contributed by atoms with Crippen molar-refractivity contribution in [3.05, 3.63) is 59.7 Å². The summed E-state index contributed by atoms with van der Waals surface area (Å²) in [4.78, 5) is 33.1. The lowest BCUT2D eigenvalue weighted by molar-refractivity contribution is -0.116. The lowest BCUT2D eigenvalue weighted by Crippen LogP contribution is -2.41. The monoisotopic (exact) mass is 644 g/mol. The molecular formula is C38H40N6O4. The Morgan fingerprint density at radius 2 is 1.81 bits per heavy atom. The molecule has 10 heteroatoms. The molecule has 2 amide bonds. The number of para-hydroxylation sites is 1. The standard InChI is InChI=1S/C38H40N6O4/c1-42-36-28(14-24(16-32(36)48-3)38(46)44-19-23-9-11-29(44)34(23)39)41-37(42)30-15-22-5-4-6-25(35(22)43(30)18-20-7-8-20)26-13-21-10-12-33(45)40-27(21)17-31(26)47-2/h4-6,13-17,20,23,29,34H,7-12,18-19,39H2,1-3H3,(H,40,45)/t23-,29-,34?/m1/s1. The SMILES string of the molecule is COc1cc2c(cc1-c1cccc3cc(-c4nc5cc(C(=O)N6C[C@H]7CC[C@@H]6C7N)cc(OC)c5n4C)n(CC4CC4)c13)CCC(=O)N2. The van der Waals surface area contributed by atoms with Gasteiger partial charge in [-0.3, -0.25) is 9.59 Å². The predicted molar refractivity (Wildman–Crippen MR) is 185 cm³/mol. The van der Waals surface area contributed by atoms with E-state index in [1.54, 1.807) is 14.2 Å². The average molecular weight is 645 g/mol. The molecule has 5 aromatic rings. The van der Waals surface area contributed by atoms with Gasteiger partial charge in [-0.1, -0.05) is 18.2 Å². The molecule has 246 valence electrons. The smallest absolute Gasteiger partial charge is 0.254 e. The number of nitrogens with one attached hydrogen (secondary N) is 1. The first-order valence-corrected chi connectivity index (χ1v) is 17.1. The van der Waals surface area contributed by atoms with E-state index in [0.717, 1.165) is 81.0 Å². The molecule has 0 spiro atoms. The first-order valence-electron chi connectivity index (χ1n) is 17.1. The number of benzene rings is 3. The molecule has 4 aliphatic rings. The number of carbonyl (C=O) groups excluding carboxylic acids is 2. The number of amides is 2. The van der Waals surface area contributed by atoms with Crippen molar-refractivity contribution in [1.82, 2.24) is 19.0 Å². The molecule has 2 aliphatic carbocycles. The number of anilines is 1. The number of rotatable bonds is 7. The van der Waals surface area contributed by atoms with Gasteiger partial charge in [-0.05, 0) is 73.8 Å². The van der Waals surface area contributed by atoms with E-state index in [9.17, 15) is 9.59 Å². The molecule has 9 rings (SSSR count). The van der Waals surface area contributed by atoms with Crippen molar-refractivity contribution in [2.75, 3.05) is 26.1 Å². The van der Waals surface area contributed by atoms with Gasteiger partial charge in [0.1, 0.15) is 17.0 Å². The van der Waals surface area contributed by atoms with E-state index >= 15 is 0 Å². The number of imidazole rings is 1. The van der Waals surface area contributed by atoms with Gasteiger partial charge in [0.2, 0.25) is 5.91 Å². The van der Waals surface area contributed by atoms with Gasteiger partial charge in [-0.2, -0.15) is 0 Å². The van der Waals surface area contributed by atoms with Crippen LogP contribution >= 0.6 is 0 Å². The van der Waals surface area contributed by atoms with Gasteiger partial charge >= 0.3 is 0 Å². The van der Waals surface area contributed by atoms with Crippen LogP contribution in [0.2, 0.25) is 0 Å². The molecule has 2 aromatic heterocycles. The number of piperidine rings is 1. The highest BCUT2D eigenvalue weighted by atomic mass is 16.5. The van der Waals surface area contributed by atoms with E-state index in [0.29, 0.717) is 42.5 Å². The first-order chi connectivity index (χ1) is 23.3. The van der Waals surface area contributed by atoms with Crippen LogP contribution in [-0.4, -0.2) is 63.7 Å². The Labute approximate surface area is 278 Å². The van der Waals surface area contributed by atoms with Crippen LogP contribution in [0.15, 0.2) is 48.5 Å². The fourth-order valence-electron chi connectivity index (χ4n) is 8.53. The van der Waals surface area contributed by atoms with Crippen LogP contribution in [0.5, 0.6) is 11.5 Å². The maximum absolute atomic E-state index is 13.8. The fourth-order valence-corrected chi connectivity index (χ4v) is 8.53. The van der Waals surface area contributed by atoms with Crippen LogP contribution in [0.3, 0.4) is 0 Å². The van der Waals surface area contributed by atoms with Crippen LogP contribution < -0.4 is 20.5 Å². The molecule has 2 saturated carbocycles. The van der Waals surface area contributed by atoms with E-state index in [1.807, 2.05) is 30.1 Å².